The highest BCUT2D eigenvalue weighted by Crippen LogP contribution is 2.29. The molecule has 1 saturated heterocycles. The molecular formula is C16H25N3O2. The van der Waals surface area contributed by atoms with Crippen molar-refractivity contribution in [3.8, 4) is 0 Å². The van der Waals surface area contributed by atoms with Crippen molar-refractivity contribution in [2.75, 3.05) is 20.2 Å². The van der Waals surface area contributed by atoms with Gasteiger partial charge in [0.25, 0.3) is 0 Å². The predicted molar refractivity (Wildman–Crippen MR) is 82.8 cm³/mol. The van der Waals surface area contributed by atoms with Gasteiger partial charge in [-0.15, -0.1) is 0 Å². The largest absolute Gasteiger partial charge is 0.469 e. The highest BCUT2D eigenvalue weighted by atomic mass is 16.5. The molecular weight excluding hydrogens is 266 g/mol. The van der Waals surface area contributed by atoms with E-state index < -0.39 is 0 Å². The summed E-state index contributed by atoms with van der Waals surface area (Å²) in [6.45, 7) is 5.95. The molecule has 116 valence electrons. The molecule has 21 heavy (non-hydrogen) atoms. The smallest absolute Gasteiger partial charge is 0.308 e. The summed E-state index contributed by atoms with van der Waals surface area (Å²) in [6.07, 6.45) is 6.89. The first kappa shape index (κ1) is 15.6. The van der Waals surface area contributed by atoms with Gasteiger partial charge in [0.1, 0.15) is 0 Å². The lowest BCUT2D eigenvalue weighted by atomic mass is 9.95. The van der Waals surface area contributed by atoms with Crippen LogP contribution in [0.25, 0.3) is 0 Å². The fourth-order valence-electron chi connectivity index (χ4n) is 3.03. The van der Waals surface area contributed by atoms with E-state index in [-0.39, 0.29) is 11.9 Å². The second-order valence-corrected chi connectivity index (χ2v) is 5.71. The molecule has 2 rings (SSSR count). The van der Waals surface area contributed by atoms with Crippen LogP contribution < -0.4 is 11.3 Å². The van der Waals surface area contributed by atoms with E-state index in [1.54, 1.807) is 0 Å². The Morgan fingerprint density at radius 1 is 1.38 bits per heavy atom. The molecule has 0 atom stereocenters. The van der Waals surface area contributed by atoms with Crippen molar-refractivity contribution in [2.24, 2.45) is 11.8 Å². The number of esters is 1. The van der Waals surface area contributed by atoms with Crippen LogP contribution in [-0.4, -0.2) is 31.1 Å². The molecule has 0 radical (unpaired) electrons. The maximum atomic E-state index is 11.6. The summed E-state index contributed by atoms with van der Waals surface area (Å²) in [7, 11) is 1.46. The molecule has 0 aromatic rings. The van der Waals surface area contributed by atoms with Crippen LogP contribution in [0.15, 0.2) is 34.7 Å². The maximum absolute atomic E-state index is 11.6. The zero-order valence-electron chi connectivity index (χ0n) is 13.1. The van der Waals surface area contributed by atoms with Gasteiger partial charge in [0.2, 0.25) is 0 Å². The highest BCUT2D eigenvalue weighted by Gasteiger charge is 2.27. The number of hydrazine groups is 1. The first-order valence-corrected chi connectivity index (χ1v) is 7.44. The predicted octanol–water partition coefficient (Wildman–Crippen LogP) is 1.84. The number of hydrogen-bond acceptors (Lipinski definition) is 5. The number of likely N-dealkylation sites (tertiary alicyclic amines) is 1. The van der Waals surface area contributed by atoms with Gasteiger partial charge in [-0.2, -0.15) is 0 Å². The molecule has 1 aliphatic carbocycles. The molecule has 0 aromatic heterocycles. The summed E-state index contributed by atoms with van der Waals surface area (Å²) in [5.41, 5.74) is 7.44. The Morgan fingerprint density at radius 3 is 2.62 bits per heavy atom. The van der Waals surface area contributed by atoms with Gasteiger partial charge in [0.05, 0.1) is 18.7 Å². The number of carbonyl (C=O) groups excluding carboxylic acids is 1. The highest BCUT2D eigenvalue weighted by molar-refractivity contribution is 5.72. The molecule has 0 bridgehead atoms. The number of piperidine rings is 1. The lowest BCUT2D eigenvalue weighted by molar-refractivity contribution is -0.146. The number of methoxy groups -OCH3 is 1. The fraction of sp³-hybridized carbons (Fsp3) is 0.562. The van der Waals surface area contributed by atoms with E-state index in [0.717, 1.165) is 38.0 Å². The standard InChI is InChI=1S/C16H25N3O2/c1-11-4-5-15(12(2)14(10-11)18-17)19-8-6-13(7-9-19)16(20)21-3/h4,10,13,18H,5-9,17H2,1-3H3. The minimum Gasteiger partial charge on any atom is -0.469 e. The van der Waals surface area contributed by atoms with Crippen LogP contribution in [-0.2, 0) is 9.53 Å². The van der Waals surface area contributed by atoms with E-state index in [1.165, 1.54) is 24.0 Å². The van der Waals surface area contributed by atoms with Crippen molar-refractivity contribution in [1.82, 2.24) is 10.3 Å². The van der Waals surface area contributed by atoms with Crippen LogP contribution in [0.4, 0.5) is 0 Å². The first-order chi connectivity index (χ1) is 10.1. The van der Waals surface area contributed by atoms with Crippen molar-refractivity contribution in [3.63, 3.8) is 0 Å². The van der Waals surface area contributed by atoms with Crippen molar-refractivity contribution in [3.05, 3.63) is 34.7 Å². The first-order valence-electron chi connectivity index (χ1n) is 7.44. The number of carbonyl (C=O) groups is 1. The number of nitrogens with zero attached hydrogens (tertiary/aromatic N) is 1. The molecule has 1 aliphatic heterocycles. The van der Waals surface area contributed by atoms with E-state index in [2.05, 4.69) is 36.3 Å². The molecule has 2 aliphatic rings. The van der Waals surface area contributed by atoms with Gasteiger partial charge in [-0.3, -0.25) is 10.6 Å². The minimum atomic E-state index is -0.0823. The van der Waals surface area contributed by atoms with E-state index in [9.17, 15) is 4.79 Å². The molecule has 0 aromatic carbocycles. The Labute approximate surface area is 126 Å². The Kier molecular flexibility index (Phi) is 5.07. The summed E-state index contributed by atoms with van der Waals surface area (Å²) >= 11 is 0. The molecule has 5 nitrogen and oxygen atoms in total. The third-order valence-electron chi connectivity index (χ3n) is 4.39. The van der Waals surface area contributed by atoms with Gasteiger partial charge >= 0.3 is 5.97 Å². The van der Waals surface area contributed by atoms with Crippen LogP contribution in [0.2, 0.25) is 0 Å². The zero-order valence-corrected chi connectivity index (χ0v) is 13.1. The summed E-state index contributed by atoms with van der Waals surface area (Å²) in [5, 5.41) is 0. The second kappa shape index (κ2) is 6.80. The van der Waals surface area contributed by atoms with Crippen molar-refractivity contribution in [1.29, 1.82) is 0 Å². The zero-order chi connectivity index (χ0) is 15.4. The van der Waals surface area contributed by atoms with E-state index >= 15 is 0 Å². The second-order valence-electron chi connectivity index (χ2n) is 5.71. The molecule has 0 unspecified atom stereocenters. The lowest BCUT2D eigenvalue weighted by Gasteiger charge is -2.35. The summed E-state index contributed by atoms with van der Waals surface area (Å²) in [6, 6.07) is 0. The molecule has 0 amide bonds. The van der Waals surface area contributed by atoms with Gasteiger partial charge in [-0.25, -0.2) is 0 Å². The molecule has 5 heteroatoms. The number of ether oxygens (including phenoxy) is 1. The third kappa shape index (κ3) is 3.47. The van der Waals surface area contributed by atoms with Crippen LogP contribution >= 0.6 is 0 Å². The van der Waals surface area contributed by atoms with Crippen LogP contribution in [0.1, 0.15) is 33.1 Å². The van der Waals surface area contributed by atoms with Gasteiger partial charge < -0.3 is 15.1 Å². The average molecular weight is 291 g/mol. The van der Waals surface area contributed by atoms with E-state index in [4.69, 9.17) is 10.6 Å². The number of nitrogens with two attached hydrogens (primary N) is 1. The van der Waals surface area contributed by atoms with Crippen molar-refractivity contribution < 1.29 is 9.53 Å². The minimum absolute atomic E-state index is 0.0397. The van der Waals surface area contributed by atoms with Crippen LogP contribution in [0.5, 0.6) is 0 Å². The number of allylic oxidation sites excluding steroid dienone is 4. The van der Waals surface area contributed by atoms with Gasteiger partial charge in [0.15, 0.2) is 0 Å². The van der Waals surface area contributed by atoms with Crippen LogP contribution in [0.3, 0.4) is 0 Å². The summed E-state index contributed by atoms with van der Waals surface area (Å²) in [4.78, 5) is 14.0. The van der Waals surface area contributed by atoms with Crippen molar-refractivity contribution in [2.45, 2.75) is 33.1 Å². The number of nitrogens with one attached hydrogen (secondary N) is 1. The van der Waals surface area contributed by atoms with E-state index in [0.29, 0.717) is 0 Å². The maximum Gasteiger partial charge on any atom is 0.308 e. The molecule has 0 spiro atoms. The summed E-state index contributed by atoms with van der Waals surface area (Å²) in [5.74, 6) is 5.59. The van der Waals surface area contributed by atoms with Gasteiger partial charge in [0, 0.05) is 25.2 Å². The molecule has 1 heterocycles. The normalized spacial score (nSPS) is 20.7. The molecule has 0 saturated carbocycles. The number of rotatable bonds is 3. The topological polar surface area (TPSA) is 67.6 Å². The summed E-state index contributed by atoms with van der Waals surface area (Å²) < 4.78 is 4.85. The quantitative estimate of drug-likeness (QED) is 0.472. The lowest BCUT2D eigenvalue weighted by Crippen LogP contribution is -2.37. The van der Waals surface area contributed by atoms with Crippen molar-refractivity contribution >= 4 is 5.97 Å². The Balaban J connectivity index is 2.12. The van der Waals surface area contributed by atoms with Crippen LogP contribution in [0, 0.1) is 5.92 Å². The Morgan fingerprint density at radius 2 is 2.05 bits per heavy atom. The van der Waals surface area contributed by atoms with E-state index in [1.807, 2.05) is 0 Å². The molecule has 1 fully saturated rings. The fourth-order valence-corrected chi connectivity index (χ4v) is 3.03. The molecule has 3 N–H and O–H groups in total. The number of hydrogen-bond donors (Lipinski definition) is 2. The third-order valence-corrected chi connectivity index (χ3v) is 4.39. The van der Waals surface area contributed by atoms with Gasteiger partial charge in [-0.1, -0.05) is 11.6 Å². The Bertz CT molecular complexity index is 498. The van der Waals surface area contributed by atoms with Gasteiger partial charge in [-0.05, 0) is 38.3 Å². The SMILES string of the molecule is COC(=O)C1CCN(C2=C(C)C(NN)=CC(C)=CC2)CC1. The monoisotopic (exact) mass is 291 g/mol. The average Bonchev–Trinajstić information content (AvgIpc) is 2.65. The Hall–Kier alpha value is -1.75.